The number of thioether (sulfide) groups is 1. The average molecular weight is 313 g/mol. The van der Waals surface area contributed by atoms with Crippen molar-refractivity contribution in [2.45, 2.75) is 44.4 Å². The van der Waals surface area contributed by atoms with Gasteiger partial charge in [-0.15, -0.1) is 0 Å². The highest BCUT2D eigenvalue weighted by Gasteiger charge is 2.21. The topological polar surface area (TPSA) is 39.7 Å². The van der Waals surface area contributed by atoms with E-state index in [9.17, 15) is 0 Å². The number of nitrogens with one attached hydrogen (secondary N) is 2. The Morgan fingerprint density at radius 1 is 1.38 bits per heavy atom. The highest BCUT2D eigenvalue weighted by Crippen LogP contribution is 2.19. The summed E-state index contributed by atoms with van der Waals surface area (Å²) in [4.78, 5) is 6.82. The molecule has 122 valence electrons. The van der Waals surface area contributed by atoms with Gasteiger partial charge in [-0.1, -0.05) is 12.2 Å². The predicted octanol–water partition coefficient (Wildman–Crippen LogP) is 2.33. The van der Waals surface area contributed by atoms with Crippen molar-refractivity contribution in [2.75, 3.05) is 39.5 Å². The van der Waals surface area contributed by atoms with Crippen LogP contribution in [0, 0.1) is 0 Å². The van der Waals surface area contributed by atoms with E-state index in [-0.39, 0.29) is 4.75 Å². The average Bonchev–Trinajstić information content (AvgIpc) is 2.44. The van der Waals surface area contributed by atoms with Crippen molar-refractivity contribution in [1.82, 2.24) is 15.5 Å². The summed E-state index contributed by atoms with van der Waals surface area (Å²) in [7, 11) is 1.84. The first-order valence-electron chi connectivity index (χ1n) is 7.75. The number of hydrogen-bond acceptors (Lipinski definition) is 3. The quantitative estimate of drug-likeness (QED) is 0.449. The lowest BCUT2D eigenvalue weighted by Gasteiger charge is -2.33. The molecule has 1 aliphatic rings. The highest BCUT2D eigenvalue weighted by atomic mass is 32.2. The number of likely N-dealkylation sites (tertiary alicyclic amines) is 1. The van der Waals surface area contributed by atoms with E-state index in [1.165, 1.54) is 18.4 Å². The second kappa shape index (κ2) is 8.69. The Morgan fingerprint density at radius 3 is 2.48 bits per heavy atom. The molecule has 4 nitrogen and oxygen atoms in total. The molecule has 1 saturated heterocycles. The molecule has 5 heteroatoms. The van der Waals surface area contributed by atoms with Gasteiger partial charge in [0.2, 0.25) is 0 Å². The largest absolute Gasteiger partial charge is 0.355 e. The molecule has 0 spiro atoms. The third-order valence-corrected chi connectivity index (χ3v) is 5.13. The van der Waals surface area contributed by atoms with E-state index < -0.39 is 0 Å². The Morgan fingerprint density at radius 2 is 2.00 bits per heavy atom. The molecule has 0 aromatic rings. The van der Waals surface area contributed by atoms with E-state index in [2.05, 4.69) is 54.1 Å². The zero-order valence-corrected chi connectivity index (χ0v) is 15.1. The Bertz CT molecular complexity index is 357. The maximum Gasteiger partial charge on any atom is 0.191 e. The van der Waals surface area contributed by atoms with Crippen molar-refractivity contribution in [3.8, 4) is 0 Å². The van der Waals surface area contributed by atoms with Gasteiger partial charge in [-0.05, 0) is 39.9 Å². The van der Waals surface area contributed by atoms with Crippen LogP contribution in [0.25, 0.3) is 0 Å². The molecule has 1 aliphatic heterocycles. The monoisotopic (exact) mass is 312 g/mol. The van der Waals surface area contributed by atoms with Crippen LogP contribution in [0.4, 0.5) is 0 Å². The molecule has 0 saturated carbocycles. The van der Waals surface area contributed by atoms with E-state index in [0.717, 1.165) is 32.1 Å². The van der Waals surface area contributed by atoms with Gasteiger partial charge in [0, 0.05) is 44.0 Å². The van der Waals surface area contributed by atoms with Crippen LogP contribution in [0.1, 0.15) is 33.6 Å². The number of piperidine rings is 1. The molecule has 0 aromatic heterocycles. The minimum absolute atomic E-state index is 0.225. The van der Waals surface area contributed by atoms with Crippen LogP contribution in [0.15, 0.2) is 17.1 Å². The molecule has 0 unspecified atom stereocenters. The second-order valence-corrected chi connectivity index (χ2v) is 8.05. The van der Waals surface area contributed by atoms with Gasteiger partial charge in [-0.3, -0.25) is 9.89 Å². The van der Waals surface area contributed by atoms with Gasteiger partial charge in [-0.25, -0.2) is 0 Å². The number of aliphatic imine (C=N–C) groups is 1. The molecule has 1 rings (SSSR count). The van der Waals surface area contributed by atoms with Crippen LogP contribution in [-0.2, 0) is 0 Å². The van der Waals surface area contributed by atoms with E-state index in [0.29, 0.717) is 6.04 Å². The van der Waals surface area contributed by atoms with Crippen LogP contribution < -0.4 is 10.6 Å². The molecular formula is C16H32N4S. The van der Waals surface area contributed by atoms with Crippen molar-refractivity contribution in [3.63, 3.8) is 0 Å². The number of nitrogens with zero attached hydrogens (tertiary/aromatic N) is 2. The van der Waals surface area contributed by atoms with Crippen LogP contribution in [0.5, 0.6) is 0 Å². The van der Waals surface area contributed by atoms with Crippen molar-refractivity contribution in [1.29, 1.82) is 0 Å². The lowest BCUT2D eigenvalue weighted by atomic mass is 10.0. The predicted molar refractivity (Wildman–Crippen MR) is 96.4 cm³/mol. The van der Waals surface area contributed by atoms with E-state index in [1.807, 2.05) is 18.8 Å². The molecule has 2 N–H and O–H groups in total. The molecule has 0 radical (unpaired) electrons. The second-order valence-electron chi connectivity index (χ2n) is 6.54. The summed E-state index contributed by atoms with van der Waals surface area (Å²) in [6, 6.07) is 0.523. The molecule has 1 fully saturated rings. The van der Waals surface area contributed by atoms with E-state index in [1.54, 1.807) is 0 Å². The lowest BCUT2D eigenvalue weighted by molar-refractivity contribution is 0.221. The molecule has 0 aliphatic carbocycles. The standard InChI is InChI=1S/C16H32N4S/c1-13(2)11-20-9-7-14(8-10-20)19-15(17-5)18-12-16(3,4)21-6/h14H,1,7-12H2,2-6H3,(H2,17,18,19). The van der Waals surface area contributed by atoms with E-state index in [4.69, 9.17) is 0 Å². The first-order valence-corrected chi connectivity index (χ1v) is 8.98. The van der Waals surface area contributed by atoms with Gasteiger partial charge in [-0.2, -0.15) is 11.8 Å². The van der Waals surface area contributed by atoms with Gasteiger partial charge in [0.25, 0.3) is 0 Å². The maximum atomic E-state index is 4.34. The smallest absolute Gasteiger partial charge is 0.191 e. The van der Waals surface area contributed by atoms with Gasteiger partial charge in [0.1, 0.15) is 0 Å². The molecule has 0 aromatic carbocycles. The molecular weight excluding hydrogens is 280 g/mol. The fourth-order valence-electron chi connectivity index (χ4n) is 2.37. The summed E-state index contributed by atoms with van der Waals surface area (Å²) >= 11 is 1.87. The Kier molecular flexibility index (Phi) is 7.60. The summed E-state index contributed by atoms with van der Waals surface area (Å²) < 4.78 is 0.225. The van der Waals surface area contributed by atoms with Gasteiger partial charge >= 0.3 is 0 Å². The summed E-state index contributed by atoms with van der Waals surface area (Å²) in [6.07, 6.45) is 4.48. The normalized spacial score (nSPS) is 18.6. The van der Waals surface area contributed by atoms with Crippen LogP contribution in [0.2, 0.25) is 0 Å². The zero-order valence-electron chi connectivity index (χ0n) is 14.3. The fraction of sp³-hybridized carbons (Fsp3) is 0.812. The molecule has 21 heavy (non-hydrogen) atoms. The van der Waals surface area contributed by atoms with Crippen LogP contribution in [0.3, 0.4) is 0 Å². The Balaban J connectivity index is 2.34. The van der Waals surface area contributed by atoms with Gasteiger partial charge in [0.15, 0.2) is 5.96 Å². The zero-order chi connectivity index (χ0) is 15.9. The first kappa shape index (κ1) is 18.4. The van der Waals surface area contributed by atoms with Crippen molar-refractivity contribution >= 4 is 17.7 Å². The molecule has 1 heterocycles. The number of guanidine groups is 1. The SMILES string of the molecule is C=C(C)CN1CCC(NC(=NC)NCC(C)(C)SC)CC1. The number of hydrogen-bond donors (Lipinski definition) is 2. The third-order valence-electron chi connectivity index (χ3n) is 3.88. The molecule has 0 bridgehead atoms. The van der Waals surface area contributed by atoms with Crippen molar-refractivity contribution in [3.05, 3.63) is 12.2 Å². The minimum Gasteiger partial charge on any atom is -0.355 e. The summed E-state index contributed by atoms with van der Waals surface area (Å²) in [5.41, 5.74) is 1.25. The maximum absolute atomic E-state index is 4.34. The summed E-state index contributed by atoms with van der Waals surface area (Å²) in [6.45, 7) is 14.8. The van der Waals surface area contributed by atoms with Gasteiger partial charge < -0.3 is 10.6 Å². The third kappa shape index (κ3) is 7.23. The van der Waals surface area contributed by atoms with Crippen molar-refractivity contribution in [2.24, 2.45) is 4.99 Å². The number of rotatable bonds is 6. The molecule has 0 amide bonds. The molecule has 0 atom stereocenters. The van der Waals surface area contributed by atoms with Crippen LogP contribution in [-0.4, -0.2) is 61.1 Å². The lowest BCUT2D eigenvalue weighted by Crippen LogP contribution is -2.50. The Hall–Kier alpha value is -0.680. The Labute approximate surface area is 134 Å². The summed E-state index contributed by atoms with van der Waals surface area (Å²) in [5.74, 6) is 0.926. The van der Waals surface area contributed by atoms with E-state index >= 15 is 0 Å². The summed E-state index contributed by atoms with van der Waals surface area (Å²) in [5, 5.41) is 7.00. The van der Waals surface area contributed by atoms with Crippen LogP contribution >= 0.6 is 11.8 Å². The van der Waals surface area contributed by atoms with Crippen molar-refractivity contribution < 1.29 is 0 Å². The minimum atomic E-state index is 0.225. The highest BCUT2D eigenvalue weighted by molar-refractivity contribution is 7.99. The first-order chi connectivity index (χ1) is 9.86. The fourth-order valence-corrected chi connectivity index (χ4v) is 2.59. The van der Waals surface area contributed by atoms with Gasteiger partial charge in [0.05, 0.1) is 0 Å².